The van der Waals surface area contributed by atoms with Gasteiger partial charge in [0.15, 0.2) is 5.82 Å². The van der Waals surface area contributed by atoms with Gasteiger partial charge in [0.1, 0.15) is 5.56 Å². The lowest BCUT2D eigenvalue weighted by molar-refractivity contribution is 0.0325. The highest BCUT2D eigenvalue weighted by Gasteiger charge is 2.39. The van der Waals surface area contributed by atoms with Gasteiger partial charge in [-0.05, 0) is 62.8 Å². The van der Waals surface area contributed by atoms with E-state index in [1.807, 2.05) is 28.9 Å². The minimum atomic E-state index is -0.521. The molecule has 168 valence electrons. The molecular formula is C22H32N6O2S. The molecule has 2 aromatic rings. The van der Waals surface area contributed by atoms with Gasteiger partial charge in [0, 0.05) is 42.5 Å². The minimum absolute atomic E-state index is 0.158. The van der Waals surface area contributed by atoms with Gasteiger partial charge < -0.3 is 26.8 Å². The molecule has 6 N–H and O–H groups in total. The Bertz CT molecular complexity index is 899. The van der Waals surface area contributed by atoms with Gasteiger partial charge in [-0.2, -0.15) is 5.10 Å². The first-order valence-electron chi connectivity index (χ1n) is 11.0. The Labute approximate surface area is 188 Å². The van der Waals surface area contributed by atoms with Gasteiger partial charge in [-0.25, -0.2) is 0 Å². The lowest BCUT2D eigenvalue weighted by Crippen LogP contribution is -2.50. The van der Waals surface area contributed by atoms with Crippen LogP contribution >= 0.6 is 12.6 Å². The summed E-state index contributed by atoms with van der Waals surface area (Å²) in [4.78, 5) is 15.5. The third-order valence-electron chi connectivity index (χ3n) is 6.88. The van der Waals surface area contributed by atoms with Crippen LogP contribution in [0.5, 0.6) is 0 Å². The zero-order valence-electron chi connectivity index (χ0n) is 17.7. The third-order valence-corrected chi connectivity index (χ3v) is 7.18. The van der Waals surface area contributed by atoms with Crippen LogP contribution in [-0.4, -0.2) is 57.5 Å². The number of benzene rings is 1. The number of nitrogens with one attached hydrogen (secondary N) is 1. The molecule has 1 saturated carbocycles. The van der Waals surface area contributed by atoms with Gasteiger partial charge in [-0.3, -0.25) is 9.48 Å². The van der Waals surface area contributed by atoms with Crippen molar-refractivity contribution in [3.8, 4) is 0 Å². The summed E-state index contributed by atoms with van der Waals surface area (Å²) in [6.07, 6.45) is 7.10. The maximum Gasteiger partial charge on any atom is 0.254 e. The number of aromatic nitrogens is 2. The summed E-state index contributed by atoms with van der Waals surface area (Å²) in [5.41, 5.74) is 12.7. The van der Waals surface area contributed by atoms with Crippen molar-refractivity contribution < 1.29 is 9.90 Å². The monoisotopic (exact) mass is 444 g/mol. The van der Waals surface area contributed by atoms with Crippen molar-refractivity contribution in [2.75, 3.05) is 25.0 Å². The second kappa shape index (κ2) is 9.20. The van der Waals surface area contributed by atoms with Crippen LogP contribution in [0.25, 0.3) is 0 Å². The SMILES string of the molecule is NCC1(n2cc(C(N)=O)c(Nc3ccc(S)cc3)n2)CCC(N2CCC(O)CC2)CC1. The summed E-state index contributed by atoms with van der Waals surface area (Å²) in [5, 5.41) is 17.7. The molecule has 2 fully saturated rings. The molecule has 2 aliphatic rings. The van der Waals surface area contributed by atoms with Gasteiger partial charge in [-0.15, -0.1) is 12.6 Å². The van der Waals surface area contributed by atoms with Gasteiger partial charge >= 0.3 is 0 Å². The summed E-state index contributed by atoms with van der Waals surface area (Å²) >= 11 is 4.31. The van der Waals surface area contributed by atoms with E-state index in [-0.39, 0.29) is 11.6 Å². The zero-order chi connectivity index (χ0) is 22.0. The Kier molecular flexibility index (Phi) is 6.57. The molecule has 0 atom stereocenters. The molecule has 1 aliphatic carbocycles. The number of hydrogen-bond acceptors (Lipinski definition) is 7. The number of aliphatic hydroxyl groups is 1. The van der Waals surface area contributed by atoms with E-state index < -0.39 is 5.91 Å². The van der Waals surface area contributed by atoms with Crippen LogP contribution in [0.1, 0.15) is 48.9 Å². The normalized spacial score (nSPS) is 25.5. The average molecular weight is 445 g/mol. The number of carbonyl (C=O) groups is 1. The molecule has 0 bridgehead atoms. The predicted octanol–water partition coefficient (Wildman–Crippen LogP) is 2.07. The Hall–Kier alpha value is -2.07. The standard InChI is InChI=1S/C22H32N6O2S/c23-14-22(9-5-16(6-10-22)27-11-7-17(29)8-12-27)28-13-19(20(24)30)21(26-28)25-15-1-3-18(31)4-2-15/h1-4,13,16-17,29,31H,5-12,14,23H2,(H2,24,30)(H,25,26). The minimum Gasteiger partial charge on any atom is -0.393 e. The van der Waals surface area contributed by atoms with Crippen LogP contribution < -0.4 is 16.8 Å². The molecular weight excluding hydrogens is 412 g/mol. The van der Waals surface area contributed by atoms with E-state index >= 15 is 0 Å². The van der Waals surface area contributed by atoms with Crippen molar-refractivity contribution in [1.82, 2.24) is 14.7 Å². The number of likely N-dealkylation sites (tertiary alicyclic amines) is 1. The largest absolute Gasteiger partial charge is 0.393 e. The molecule has 2 heterocycles. The lowest BCUT2D eigenvalue weighted by atomic mass is 9.78. The van der Waals surface area contributed by atoms with E-state index in [1.54, 1.807) is 6.20 Å². The Morgan fingerprint density at radius 2 is 1.84 bits per heavy atom. The number of nitrogens with zero attached hydrogens (tertiary/aromatic N) is 3. The topological polar surface area (TPSA) is 122 Å². The molecule has 0 unspecified atom stereocenters. The van der Waals surface area contributed by atoms with E-state index in [4.69, 9.17) is 16.6 Å². The van der Waals surface area contributed by atoms with Gasteiger partial charge in [0.25, 0.3) is 5.91 Å². The first-order valence-corrected chi connectivity index (χ1v) is 11.4. The fourth-order valence-corrected chi connectivity index (χ4v) is 5.00. The Balaban J connectivity index is 1.52. The highest BCUT2D eigenvalue weighted by molar-refractivity contribution is 7.80. The maximum absolute atomic E-state index is 12.1. The maximum atomic E-state index is 12.1. The number of hydrogen-bond donors (Lipinski definition) is 5. The van der Waals surface area contributed by atoms with Crippen molar-refractivity contribution in [1.29, 1.82) is 0 Å². The van der Waals surface area contributed by atoms with Crippen LogP contribution in [0.4, 0.5) is 11.5 Å². The number of thiol groups is 1. The average Bonchev–Trinajstić information content (AvgIpc) is 3.21. The highest BCUT2D eigenvalue weighted by atomic mass is 32.1. The van der Waals surface area contributed by atoms with E-state index in [1.165, 1.54) is 0 Å². The van der Waals surface area contributed by atoms with Crippen molar-refractivity contribution in [2.24, 2.45) is 11.5 Å². The molecule has 0 radical (unpaired) electrons. The van der Waals surface area contributed by atoms with Crippen LogP contribution in [-0.2, 0) is 5.54 Å². The molecule has 8 nitrogen and oxygen atoms in total. The zero-order valence-corrected chi connectivity index (χ0v) is 18.6. The molecule has 1 aromatic heterocycles. The number of nitrogens with two attached hydrogens (primary N) is 2. The number of anilines is 2. The number of aliphatic hydroxyl groups excluding tert-OH is 1. The number of primary amides is 1. The summed E-state index contributed by atoms with van der Waals surface area (Å²) in [7, 11) is 0. The van der Waals surface area contributed by atoms with E-state index in [2.05, 4.69) is 22.8 Å². The van der Waals surface area contributed by atoms with Gasteiger partial charge in [-0.1, -0.05) is 0 Å². The van der Waals surface area contributed by atoms with Crippen molar-refractivity contribution in [3.63, 3.8) is 0 Å². The van der Waals surface area contributed by atoms with Crippen molar-refractivity contribution in [2.45, 2.75) is 61.1 Å². The molecule has 1 aromatic carbocycles. The predicted molar refractivity (Wildman–Crippen MR) is 124 cm³/mol. The highest BCUT2D eigenvalue weighted by Crippen LogP contribution is 2.37. The molecule has 1 aliphatic heterocycles. The van der Waals surface area contributed by atoms with Crippen LogP contribution in [0.2, 0.25) is 0 Å². The molecule has 31 heavy (non-hydrogen) atoms. The van der Waals surface area contributed by atoms with E-state index in [0.29, 0.717) is 24.0 Å². The van der Waals surface area contributed by atoms with Crippen molar-refractivity contribution >= 4 is 30.0 Å². The smallest absolute Gasteiger partial charge is 0.254 e. The Morgan fingerprint density at radius 3 is 2.42 bits per heavy atom. The number of carbonyl (C=O) groups excluding carboxylic acids is 1. The second-order valence-electron chi connectivity index (χ2n) is 8.80. The third kappa shape index (κ3) is 4.74. The fraction of sp³-hybridized carbons (Fsp3) is 0.545. The summed E-state index contributed by atoms with van der Waals surface area (Å²) in [6.45, 7) is 2.36. The van der Waals surface area contributed by atoms with E-state index in [9.17, 15) is 9.90 Å². The van der Waals surface area contributed by atoms with Crippen LogP contribution in [0.15, 0.2) is 35.4 Å². The van der Waals surface area contributed by atoms with Gasteiger partial charge in [0.05, 0.1) is 11.6 Å². The van der Waals surface area contributed by atoms with Crippen LogP contribution in [0, 0.1) is 0 Å². The quantitative estimate of drug-likeness (QED) is 0.435. The molecule has 1 saturated heterocycles. The first-order chi connectivity index (χ1) is 14.9. The molecule has 4 rings (SSSR count). The molecule has 9 heteroatoms. The molecule has 0 spiro atoms. The van der Waals surface area contributed by atoms with Crippen LogP contribution in [0.3, 0.4) is 0 Å². The second-order valence-corrected chi connectivity index (χ2v) is 9.32. The Morgan fingerprint density at radius 1 is 1.19 bits per heavy atom. The van der Waals surface area contributed by atoms with Crippen molar-refractivity contribution in [3.05, 3.63) is 36.0 Å². The van der Waals surface area contributed by atoms with Gasteiger partial charge in [0.2, 0.25) is 0 Å². The number of rotatable bonds is 6. The van der Waals surface area contributed by atoms with E-state index in [0.717, 1.165) is 62.2 Å². The first kappa shape index (κ1) is 22.1. The lowest BCUT2D eigenvalue weighted by Gasteiger charge is -2.44. The number of piperidine rings is 1. The summed E-state index contributed by atoms with van der Waals surface area (Å²) in [5.74, 6) is -0.0771. The summed E-state index contributed by atoms with van der Waals surface area (Å²) in [6, 6.07) is 8.01. The summed E-state index contributed by atoms with van der Waals surface area (Å²) < 4.78 is 1.86. The number of amides is 1. The molecule has 1 amide bonds. The fourth-order valence-electron chi connectivity index (χ4n) is 4.85.